The first-order valence-corrected chi connectivity index (χ1v) is 20.4. The van der Waals surface area contributed by atoms with Gasteiger partial charge in [-0.1, -0.05) is 182 Å². The lowest BCUT2D eigenvalue weighted by Crippen LogP contribution is -2.28. The van der Waals surface area contributed by atoms with E-state index in [4.69, 9.17) is 0 Å². The summed E-state index contributed by atoms with van der Waals surface area (Å²) in [5.74, 6) is 0. The first kappa shape index (κ1) is 33.3. The zero-order valence-electron chi connectivity index (χ0n) is 31.2. The molecule has 0 unspecified atom stereocenters. The normalized spacial score (nSPS) is 12.7. The number of thiophene rings is 1. The smallest absolute Gasteiger partial charge is 0.0714 e. The van der Waals surface area contributed by atoms with Crippen molar-refractivity contribution >= 4 is 48.6 Å². The van der Waals surface area contributed by atoms with Crippen LogP contribution < -0.4 is 4.90 Å². The van der Waals surface area contributed by atoms with Crippen LogP contribution >= 0.6 is 11.3 Å². The van der Waals surface area contributed by atoms with Crippen molar-refractivity contribution < 1.29 is 0 Å². The third-order valence-electron chi connectivity index (χ3n) is 11.7. The summed E-state index contributed by atoms with van der Waals surface area (Å²) in [6.07, 6.45) is 0. The van der Waals surface area contributed by atoms with Gasteiger partial charge in [-0.15, -0.1) is 11.3 Å². The topological polar surface area (TPSA) is 3.24 Å². The molecule has 0 amide bonds. The monoisotopic (exact) mass is 743 g/mol. The van der Waals surface area contributed by atoms with Crippen LogP contribution in [0.5, 0.6) is 0 Å². The van der Waals surface area contributed by atoms with Gasteiger partial charge in [0.2, 0.25) is 0 Å². The molecule has 0 bridgehead atoms. The van der Waals surface area contributed by atoms with Gasteiger partial charge in [-0.25, -0.2) is 0 Å². The van der Waals surface area contributed by atoms with Crippen LogP contribution in [-0.2, 0) is 5.41 Å². The third-order valence-corrected chi connectivity index (χ3v) is 12.8. The summed E-state index contributed by atoms with van der Waals surface area (Å²) in [7, 11) is 0. The molecule has 57 heavy (non-hydrogen) atoms. The van der Waals surface area contributed by atoms with Crippen molar-refractivity contribution in [3.8, 4) is 33.4 Å². The summed E-state index contributed by atoms with van der Waals surface area (Å²) in [5, 5.41) is 2.53. The van der Waals surface area contributed by atoms with Crippen LogP contribution in [0.4, 0.5) is 17.1 Å². The van der Waals surface area contributed by atoms with Gasteiger partial charge in [-0.3, -0.25) is 0 Å². The molecule has 0 saturated heterocycles. The number of hydrogen-bond donors (Lipinski definition) is 0. The molecule has 0 radical (unpaired) electrons. The minimum Gasteiger partial charge on any atom is -0.310 e. The molecule has 2 heteroatoms. The van der Waals surface area contributed by atoms with E-state index in [2.05, 4.69) is 229 Å². The molecule has 0 fully saturated rings. The second-order valence-electron chi connectivity index (χ2n) is 14.8. The second-order valence-corrected chi connectivity index (χ2v) is 15.9. The molecule has 0 saturated carbocycles. The summed E-state index contributed by atoms with van der Waals surface area (Å²) >= 11 is 1.89. The zero-order valence-corrected chi connectivity index (χ0v) is 32.0. The van der Waals surface area contributed by atoms with Crippen LogP contribution in [-0.4, -0.2) is 0 Å². The molecular formula is C55H37NS. The minimum atomic E-state index is -0.441. The van der Waals surface area contributed by atoms with Gasteiger partial charge in [0.05, 0.1) is 11.1 Å². The highest BCUT2D eigenvalue weighted by Crippen LogP contribution is 2.57. The molecule has 1 heterocycles. The molecule has 1 aromatic heterocycles. The van der Waals surface area contributed by atoms with E-state index in [0.29, 0.717) is 0 Å². The SMILES string of the molecule is c1ccc(-c2cccc(N(c3cccc(-c4ccccc4)c3)c3cccc4sc5cc(C6(c7ccccc7)c7ccccc7-c7ccccc76)ccc5c34)c2)cc1. The van der Waals surface area contributed by atoms with Crippen molar-refractivity contribution in [2.24, 2.45) is 0 Å². The molecule has 1 nitrogen and oxygen atoms in total. The van der Waals surface area contributed by atoms with Crippen LogP contribution in [0.1, 0.15) is 22.3 Å². The highest BCUT2D eigenvalue weighted by Gasteiger charge is 2.46. The van der Waals surface area contributed by atoms with Crippen LogP contribution in [0, 0.1) is 0 Å². The maximum Gasteiger partial charge on any atom is 0.0714 e. The lowest BCUT2D eigenvalue weighted by molar-refractivity contribution is 0.770. The molecule has 268 valence electrons. The Morgan fingerprint density at radius 2 is 0.860 bits per heavy atom. The summed E-state index contributed by atoms with van der Waals surface area (Å²) in [6, 6.07) is 82.4. The molecule has 9 aromatic carbocycles. The maximum atomic E-state index is 2.48. The lowest BCUT2D eigenvalue weighted by atomic mass is 9.67. The van der Waals surface area contributed by atoms with Gasteiger partial charge in [0.25, 0.3) is 0 Å². The van der Waals surface area contributed by atoms with Gasteiger partial charge in [-0.2, -0.15) is 0 Å². The fraction of sp³-hybridized carbons (Fsp3) is 0.0182. The van der Waals surface area contributed by atoms with E-state index in [-0.39, 0.29) is 0 Å². The first-order chi connectivity index (χ1) is 28.3. The van der Waals surface area contributed by atoms with Crippen LogP contribution in [0.2, 0.25) is 0 Å². The Bertz CT molecular complexity index is 2940. The average Bonchev–Trinajstić information content (AvgIpc) is 3.82. The van der Waals surface area contributed by atoms with Gasteiger partial charge < -0.3 is 4.90 Å². The second kappa shape index (κ2) is 13.6. The van der Waals surface area contributed by atoms with Gasteiger partial charge in [-0.05, 0) is 98.1 Å². The molecule has 1 aliphatic rings. The minimum absolute atomic E-state index is 0.441. The fourth-order valence-corrected chi connectivity index (χ4v) is 10.4. The van der Waals surface area contributed by atoms with E-state index in [9.17, 15) is 0 Å². The summed E-state index contributed by atoms with van der Waals surface area (Å²) in [4.78, 5) is 2.45. The fourth-order valence-electron chi connectivity index (χ4n) is 9.28. The van der Waals surface area contributed by atoms with Gasteiger partial charge in [0.15, 0.2) is 0 Å². The largest absolute Gasteiger partial charge is 0.310 e. The number of rotatable bonds is 7. The molecule has 0 atom stereocenters. The molecule has 11 rings (SSSR count). The number of nitrogens with zero attached hydrogens (tertiary/aromatic N) is 1. The molecule has 0 aliphatic heterocycles. The van der Waals surface area contributed by atoms with Crippen molar-refractivity contribution in [2.75, 3.05) is 4.90 Å². The van der Waals surface area contributed by atoms with Crippen molar-refractivity contribution in [1.82, 2.24) is 0 Å². The number of hydrogen-bond acceptors (Lipinski definition) is 2. The summed E-state index contributed by atoms with van der Waals surface area (Å²) in [6.45, 7) is 0. The van der Waals surface area contributed by atoms with Crippen LogP contribution in [0.3, 0.4) is 0 Å². The van der Waals surface area contributed by atoms with Gasteiger partial charge in [0, 0.05) is 31.5 Å². The Labute approximate surface area is 337 Å². The Morgan fingerprint density at radius 1 is 0.351 bits per heavy atom. The highest BCUT2D eigenvalue weighted by atomic mass is 32.1. The third kappa shape index (κ3) is 5.37. The van der Waals surface area contributed by atoms with Crippen molar-refractivity contribution in [2.45, 2.75) is 5.41 Å². The van der Waals surface area contributed by atoms with Crippen molar-refractivity contribution in [3.63, 3.8) is 0 Å². The zero-order chi connectivity index (χ0) is 37.8. The van der Waals surface area contributed by atoms with Crippen LogP contribution in [0.25, 0.3) is 53.6 Å². The summed E-state index contributed by atoms with van der Waals surface area (Å²) < 4.78 is 2.55. The molecule has 0 spiro atoms. The molecule has 1 aliphatic carbocycles. The number of anilines is 3. The van der Waals surface area contributed by atoms with E-state index < -0.39 is 5.41 Å². The van der Waals surface area contributed by atoms with Gasteiger partial charge >= 0.3 is 0 Å². The Hall–Kier alpha value is -7.00. The predicted molar refractivity (Wildman–Crippen MR) is 242 cm³/mol. The van der Waals surface area contributed by atoms with E-state index in [1.165, 1.54) is 75.8 Å². The highest BCUT2D eigenvalue weighted by molar-refractivity contribution is 7.26. The van der Waals surface area contributed by atoms with E-state index >= 15 is 0 Å². The van der Waals surface area contributed by atoms with E-state index in [1.54, 1.807) is 0 Å². The van der Waals surface area contributed by atoms with Gasteiger partial charge in [0.1, 0.15) is 0 Å². The lowest BCUT2D eigenvalue weighted by Gasteiger charge is -2.34. The van der Waals surface area contributed by atoms with Crippen molar-refractivity contribution in [3.05, 3.63) is 247 Å². The standard InChI is InChI=1S/C55H37NS/c1-4-17-38(18-5-1)40-21-14-25-44(35-40)56(45-26-15-22-41(36-45)39-19-6-2-7-20-39)51-31-16-32-52-54(51)48-34-33-43(37-53(48)57-52)55(42-23-8-3-9-24-42)49-29-12-10-27-46(49)47-28-11-13-30-50(47)55/h1-37H. The number of benzene rings is 9. The quantitative estimate of drug-likeness (QED) is 0.157. The predicted octanol–water partition coefficient (Wildman–Crippen LogP) is 15.2. The number of fused-ring (bicyclic) bond motifs is 6. The maximum absolute atomic E-state index is 2.48. The van der Waals surface area contributed by atoms with E-state index in [1.807, 2.05) is 11.3 Å². The summed E-state index contributed by atoms with van der Waals surface area (Å²) in [5.41, 5.74) is 15.6. The van der Waals surface area contributed by atoms with E-state index in [0.717, 1.165) is 17.1 Å². The average molecular weight is 744 g/mol. The van der Waals surface area contributed by atoms with Crippen molar-refractivity contribution in [1.29, 1.82) is 0 Å². The Kier molecular flexibility index (Phi) is 7.98. The van der Waals surface area contributed by atoms with Crippen LogP contribution in [0.15, 0.2) is 224 Å². The Balaban J connectivity index is 1.14. The molecular weight excluding hydrogens is 707 g/mol. The molecule has 0 N–H and O–H groups in total. The first-order valence-electron chi connectivity index (χ1n) is 19.6. The molecule has 10 aromatic rings. The Morgan fingerprint density at radius 3 is 1.46 bits per heavy atom.